The van der Waals surface area contributed by atoms with Gasteiger partial charge in [0, 0.05) is 6.54 Å². The maximum atomic E-state index is 11.9. The molecule has 4 nitrogen and oxygen atoms in total. The van der Waals surface area contributed by atoms with Gasteiger partial charge < -0.3 is 15.1 Å². The Morgan fingerprint density at radius 2 is 2.17 bits per heavy atom. The predicted molar refractivity (Wildman–Crippen MR) is 73.2 cm³/mol. The van der Waals surface area contributed by atoms with Crippen LogP contribution in [0.15, 0.2) is 16.7 Å². The van der Waals surface area contributed by atoms with Crippen molar-refractivity contribution < 1.29 is 9.21 Å². The molecule has 0 radical (unpaired) electrons. The molecule has 0 aliphatic carbocycles. The van der Waals surface area contributed by atoms with Crippen LogP contribution in [0.1, 0.15) is 35.9 Å². The van der Waals surface area contributed by atoms with Crippen LogP contribution in [0.25, 0.3) is 0 Å². The summed E-state index contributed by atoms with van der Waals surface area (Å²) in [5.41, 5.74) is 0.862. The first-order valence-electron chi connectivity index (χ1n) is 6.14. The normalized spacial score (nSPS) is 17.9. The molecule has 1 aliphatic rings. The second kappa shape index (κ2) is 6.25. The quantitative estimate of drug-likeness (QED) is 0.886. The highest BCUT2D eigenvalue weighted by Gasteiger charge is 2.27. The van der Waals surface area contributed by atoms with E-state index in [9.17, 15) is 4.79 Å². The fraction of sp³-hybridized carbons (Fsp3) is 0.615. The van der Waals surface area contributed by atoms with Crippen molar-refractivity contribution in [3.8, 4) is 0 Å². The van der Waals surface area contributed by atoms with Crippen molar-refractivity contribution in [2.75, 3.05) is 19.6 Å². The van der Waals surface area contributed by atoms with E-state index in [0.717, 1.165) is 32.5 Å². The van der Waals surface area contributed by atoms with Crippen molar-refractivity contribution in [2.24, 2.45) is 5.41 Å². The number of carbonyl (C=O) groups is 1. The highest BCUT2D eigenvalue weighted by molar-refractivity contribution is 5.95. The first-order chi connectivity index (χ1) is 8.11. The van der Waals surface area contributed by atoms with Crippen LogP contribution in [-0.2, 0) is 0 Å². The Labute approximate surface area is 114 Å². The largest absolute Gasteiger partial charge is 0.469 e. The van der Waals surface area contributed by atoms with Crippen LogP contribution in [0.5, 0.6) is 0 Å². The third kappa shape index (κ3) is 3.50. The summed E-state index contributed by atoms with van der Waals surface area (Å²) in [5.74, 6) is 0.647. The smallest absolute Gasteiger partial charge is 0.254 e. The van der Waals surface area contributed by atoms with Crippen LogP contribution in [0.4, 0.5) is 0 Å². The molecule has 2 heterocycles. The maximum absolute atomic E-state index is 11.9. The van der Waals surface area contributed by atoms with E-state index >= 15 is 0 Å². The Morgan fingerprint density at radius 3 is 2.72 bits per heavy atom. The lowest BCUT2D eigenvalue weighted by atomic mass is 9.81. The van der Waals surface area contributed by atoms with Crippen molar-refractivity contribution in [2.45, 2.75) is 26.7 Å². The van der Waals surface area contributed by atoms with Gasteiger partial charge in [0.1, 0.15) is 5.76 Å². The highest BCUT2D eigenvalue weighted by Crippen LogP contribution is 2.26. The zero-order valence-electron chi connectivity index (χ0n) is 10.9. The van der Waals surface area contributed by atoms with Crippen molar-refractivity contribution in [1.29, 1.82) is 0 Å². The summed E-state index contributed by atoms with van der Waals surface area (Å²) in [6.07, 6.45) is 3.77. The molecule has 1 saturated heterocycles. The van der Waals surface area contributed by atoms with Crippen molar-refractivity contribution in [3.05, 3.63) is 23.7 Å². The van der Waals surface area contributed by atoms with Gasteiger partial charge in [0.2, 0.25) is 0 Å². The van der Waals surface area contributed by atoms with E-state index in [1.54, 1.807) is 19.3 Å². The molecule has 1 aliphatic heterocycles. The third-order valence-corrected chi connectivity index (χ3v) is 3.59. The summed E-state index contributed by atoms with van der Waals surface area (Å²) < 4.78 is 5.13. The lowest BCUT2D eigenvalue weighted by molar-refractivity contribution is 0.0920. The third-order valence-electron chi connectivity index (χ3n) is 3.59. The molecule has 102 valence electrons. The van der Waals surface area contributed by atoms with Gasteiger partial charge in [0.15, 0.2) is 0 Å². The number of aryl methyl sites for hydroxylation is 1. The number of hydrogen-bond acceptors (Lipinski definition) is 3. The van der Waals surface area contributed by atoms with E-state index in [0.29, 0.717) is 11.3 Å². The highest BCUT2D eigenvalue weighted by atomic mass is 35.5. The maximum Gasteiger partial charge on any atom is 0.254 e. The lowest BCUT2D eigenvalue weighted by Crippen LogP contribution is -2.42. The standard InChI is InChI=1S/C13H20N2O2.ClH/c1-10-11(3-8-17-10)12(16)15-9-13(2)4-6-14-7-5-13;/h3,8,14H,4-7,9H2,1-2H3,(H,15,16);1H. The average molecular weight is 273 g/mol. The summed E-state index contributed by atoms with van der Waals surface area (Å²) in [7, 11) is 0. The fourth-order valence-electron chi connectivity index (χ4n) is 2.22. The number of furan rings is 1. The Morgan fingerprint density at radius 1 is 1.50 bits per heavy atom. The van der Waals surface area contributed by atoms with Gasteiger partial charge >= 0.3 is 0 Å². The number of piperidine rings is 1. The summed E-state index contributed by atoms with van der Waals surface area (Å²) in [4.78, 5) is 11.9. The van der Waals surface area contributed by atoms with Gasteiger partial charge in [-0.15, -0.1) is 12.4 Å². The predicted octanol–water partition coefficient (Wildman–Crippen LogP) is 2.13. The molecule has 2 rings (SSSR count). The number of amides is 1. The van der Waals surface area contributed by atoms with Crippen LogP contribution in [0.2, 0.25) is 0 Å². The molecule has 1 fully saturated rings. The Bertz CT molecular complexity index is 397. The minimum atomic E-state index is -0.0315. The molecule has 18 heavy (non-hydrogen) atoms. The number of nitrogens with one attached hydrogen (secondary N) is 2. The van der Waals surface area contributed by atoms with E-state index in [4.69, 9.17) is 4.42 Å². The summed E-state index contributed by atoms with van der Waals surface area (Å²) >= 11 is 0. The van der Waals surface area contributed by atoms with Gasteiger partial charge in [0.25, 0.3) is 5.91 Å². The van der Waals surface area contributed by atoms with Gasteiger partial charge in [-0.3, -0.25) is 4.79 Å². The minimum Gasteiger partial charge on any atom is -0.469 e. The average Bonchev–Trinajstić information content (AvgIpc) is 2.74. The molecule has 1 aromatic heterocycles. The molecule has 0 bridgehead atoms. The van der Waals surface area contributed by atoms with Gasteiger partial charge in [0.05, 0.1) is 11.8 Å². The monoisotopic (exact) mass is 272 g/mol. The number of rotatable bonds is 3. The first-order valence-corrected chi connectivity index (χ1v) is 6.14. The van der Waals surface area contributed by atoms with Gasteiger partial charge in [-0.1, -0.05) is 6.92 Å². The number of hydrogen-bond donors (Lipinski definition) is 2. The summed E-state index contributed by atoms with van der Waals surface area (Å²) in [5, 5.41) is 6.35. The van der Waals surface area contributed by atoms with Crippen LogP contribution in [0, 0.1) is 12.3 Å². The zero-order valence-corrected chi connectivity index (χ0v) is 11.7. The van der Waals surface area contributed by atoms with Gasteiger partial charge in [-0.05, 0) is 44.3 Å². The molecule has 0 aromatic carbocycles. The molecule has 0 unspecified atom stereocenters. The summed E-state index contributed by atoms with van der Waals surface area (Å²) in [6.45, 7) is 6.85. The molecule has 0 saturated carbocycles. The van der Waals surface area contributed by atoms with Crippen LogP contribution < -0.4 is 10.6 Å². The van der Waals surface area contributed by atoms with E-state index in [2.05, 4.69) is 17.6 Å². The van der Waals surface area contributed by atoms with Crippen molar-refractivity contribution in [3.63, 3.8) is 0 Å². The summed E-state index contributed by atoms with van der Waals surface area (Å²) in [6, 6.07) is 1.72. The molecule has 5 heteroatoms. The van der Waals surface area contributed by atoms with Crippen LogP contribution in [0.3, 0.4) is 0 Å². The van der Waals surface area contributed by atoms with Crippen molar-refractivity contribution in [1.82, 2.24) is 10.6 Å². The molecule has 0 atom stereocenters. The SMILES string of the molecule is Cc1occc1C(=O)NCC1(C)CCNCC1.Cl. The van der Waals surface area contributed by atoms with Crippen LogP contribution in [-0.4, -0.2) is 25.5 Å². The molecule has 2 N–H and O–H groups in total. The molecular formula is C13H21ClN2O2. The molecule has 1 aromatic rings. The van der Waals surface area contributed by atoms with E-state index < -0.39 is 0 Å². The first kappa shape index (κ1) is 15.1. The molecule has 1 amide bonds. The zero-order chi connectivity index (χ0) is 12.3. The Balaban J connectivity index is 0.00000162. The Hall–Kier alpha value is -1.00. The Kier molecular flexibility index (Phi) is 5.23. The second-order valence-corrected chi connectivity index (χ2v) is 5.13. The number of halogens is 1. The van der Waals surface area contributed by atoms with E-state index in [1.807, 2.05) is 0 Å². The topological polar surface area (TPSA) is 54.3 Å². The van der Waals surface area contributed by atoms with Crippen LogP contribution >= 0.6 is 12.4 Å². The molecule has 0 spiro atoms. The van der Waals surface area contributed by atoms with Gasteiger partial charge in [-0.2, -0.15) is 0 Å². The number of carbonyl (C=O) groups excluding carboxylic acids is 1. The lowest BCUT2D eigenvalue weighted by Gasteiger charge is -2.34. The van der Waals surface area contributed by atoms with Crippen molar-refractivity contribution >= 4 is 18.3 Å². The fourth-order valence-corrected chi connectivity index (χ4v) is 2.22. The minimum absolute atomic E-state index is 0. The second-order valence-electron chi connectivity index (χ2n) is 5.13. The van der Waals surface area contributed by atoms with E-state index in [1.165, 1.54) is 0 Å². The molecular weight excluding hydrogens is 252 g/mol. The van der Waals surface area contributed by atoms with Gasteiger partial charge in [-0.25, -0.2) is 0 Å². The van der Waals surface area contributed by atoms with E-state index in [-0.39, 0.29) is 23.7 Å².